The summed E-state index contributed by atoms with van der Waals surface area (Å²) in [5, 5.41) is 3.25. The zero-order chi connectivity index (χ0) is 23.1. The van der Waals surface area contributed by atoms with Crippen molar-refractivity contribution in [3.63, 3.8) is 0 Å². The number of carbonyl (C=O) groups is 1. The van der Waals surface area contributed by atoms with Gasteiger partial charge in [0.25, 0.3) is 5.91 Å². The number of nitrogens with zero attached hydrogens (tertiary/aromatic N) is 2. The lowest BCUT2D eigenvalue weighted by atomic mass is 10.1. The quantitative estimate of drug-likeness (QED) is 0.504. The first-order valence-electron chi connectivity index (χ1n) is 9.70. The van der Waals surface area contributed by atoms with Crippen LogP contribution in [0.2, 0.25) is 0 Å². The number of amides is 1. The van der Waals surface area contributed by atoms with Gasteiger partial charge >= 0.3 is 6.01 Å². The highest BCUT2D eigenvalue weighted by atomic mass is 32.2. The Labute approximate surface area is 186 Å². The first kappa shape index (κ1) is 23.0. The van der Waals surface area contributed by atoms with E-state index in [0.29, 0.717) is 23.6 Å². The zero-order valence-corrected chi connectivity index (χ0v) is 18.8. The molecular formula is C22H24N4O5S. The Balaban J connectivity index is 1.77. The van der Waals surface area contributed by atoms with E-state index in [1.165, 1.54) is 13.2 Å². The number of sulfonamides is 1. The number of carbonyl (C=O) groups excluding carboxylic acids is 1. The Bertz CT molecular complexity index is 1200. The summed E-state index contributed by atoms with van der Waals surface area (Å²) in [6.07, 6.45) is 1.70. The van der Waals surface area contributed by atoms with Crippen LogP contribution in [0.4, 0.5) is 5.82 Å². The minimum absolute atomic E-state index is 0.167. The molecule has 0 atom stereocenters. The lowest BCUT2D eigenvalue weighted by Gasteiger charge is -2.11. The second-order valence-corrected chi connectivity index (χ2v) is 8.68. The standard InChI is InChI=1S/C22H24N4O5S/c1-30-18-9-7-15(8-10-18)11-12-23-20-14-19(24-22(25-20)31-2)16-5-4-6-17(13-16)21(27)26-32(3,28)29/h4-10,13-14H,11-12H2,1-3H3,(H,26,27)(H,23,24,25). The van der Waals surface area contributed by atoms with Crippen LogP contribution in [0.25, 0.3) is 11.3 Å². The van der Waals surface area contributed by atoms with Crippen molar-refractivity contribution in [2.45, 2.75) is 6.42 Å². The van der Waals surface area contributed by atoms with Crippen LogP contribution in [0.5, 0.6) is 11.8 Å². The third-order valence-electron chi connectivity index (χ3n) is 4.47. The van der Waals surface area contributed by atoms with Gasteiger partial charge in [0.05, 0.1) is 26.2 Å². The summed E-state index contributed by atoms with van der Waals surface area (Å²) in [7, 11) is -0.568. The summed E-state index contributed by atoms with van der Waals surface area (Å²) in [5.74, 6) is 0.652. The molecule has 2 aromatic carbocycles. The normalized spacial score (nSPS) is 11.0. The zero-order valence-electron chi connectivity index (χ0n) is 18.0. The summed E-state index contributed by atoms with van der Waals surface area (Å²) >= 11 is 0. The molecule has 0 saturated heterocycles. The Hall–Kier alpha value is -3.66. The molecule has 0 bridgehead atoms. The maximum absolute atomic E-state index is 12.2. The van der Waals surface area contributed by atoms with E-state index in [-0.39, 0.29) is 11.6 Å². The number of hydrogen-bond donors (Lipinski definition) is 2. The molecule has 2 N–H and O–H groups in total. The van der Waals surface area contributed by atoms with E-state index in [0.717, 1.165) is 24.0 Å². The van der Waals surface area contributed by atoms with Crippen LogP contribution in [0.15, 0.2) is 54.6 Å². The average molecular weight is 457 g/mol. The van der Waals surface area contributed by atoms with Gasteiger partial charge in [-0.1, -0.05) is 24.3 Å². The van der Waals surface area contributed by atoms with Crippen molar-refractivity contribution in [1.29, 1.82) is 0 Å². The van der Waals surface area contributed by atoms with Gasteiger partial charge in [0.2, 0.25) is 10.0 Å². The van der Waals surface area contributed by atoms with Crippen molar-refractivity contribution in [3.05, 3.63) is 65.7 Å². The molecule has 1 heterocycles. The van der Waals surface area contributed by atoms with E-state index in [9.17, 15) is 13.2 Å². The third-order valence-corrected chi connectivity index (χ3v) is 5.02. The van der Waals surface area contributed by atoms with Crippen LogP contribution >= 0.6 is 0 Å². The predicted molar refractivity (Wildman–Crippen MR) is 122 cm³/mol. The maximum atomic E-state index is 12.2. The van der Waals surface area contributed by atoms with Crippen molar-refractivity contribution in [1.82, 2.24) is 14.7 Å². The molecule has 1 aromatic heterocycles. The monoisotopic (exact) mass is 456 g/mol. The van der Waals surface area contributed by atoms with Crippen molar-refractivity contribution in [2.75, 3.05) is 32.3 Å². The number of benzene rings is 2. The first-order valence-corrected chi connectivity index (χ1v) is 11.6. The highest BCUT2D eigenvalue weighted by Gasteiger charge is 2.13. The number of rotatable bonds is 9. The van der Waals surface area contributed by atoms with Crippen LogP contribution < -0.4 is 19.5 Å². The molecule has 1 amide bonds. The third kappa shape index (κ3) is 6.42. The number of ether oxygens (including phenoxy) is 2. The molecular weight excluding hydrogens is 432 g/mol. The fourth-order valence-electron chi connectivity index (χ4n) is 2.93. The molecule has 0 aliphatic rings. The number of methoxy groups -OCH3 is 2. The van der Waals surface area contributed by atoms with Crippen LogP contribution in [0.1, 0.15) is 15.9 Å². The van der Waals surface area contributed by atoms with Gasteiger partial charge in [0.15, 0.2) is 0 Å². The molecule has 0 radical (unpaired) electrons. The van der Waals surface area contributed by atoms with Crippen molar-refractivity contribution >= 4 is 21.7 Å². The molecule has 0 aliphatic carbocycles. The Morgan fingerprint density at radius 2 is 1.75 bits per heavy atom. The Kier molecular flexibility index (Phi) is 7.26. The lowest BCUT2D eigenvalue weighted by molar-refractivity contribution is 0.0981. The summed E-state index contributed by atoms with van der Waals surface area (Å²) < 4.78 is 35.0. The summed E-state index contributed by atoms with van der Waals surface area (Å²) in [6, 6.07) is 16.2. The molecule has 3 aromatic rings. The SMILES string of the molecule is COc1ccc(CCNc2cc(-c3cccc(C(=O)NS(C)(=O)=O)c3)nc(OC)n2)cc1. The second kappa shape index (κ2) is 10.1. The minimum atomic E-state index is -3.67. The smallest absolute Gasteiger partial charge is 0.318 e. The molecule has 10 heteroatoms. The molecule has 9 nitrogen and oxygen atoms in total. The molecule has 0 unspecified atom stereocenters. The van der Waals surface area contributed by atoms with E-state index in [2.05, 4.69) is 15.3 Å². The second-order valence-electron chi connectivity index (χ2n) is 6.93. The van der Waals surface area contributed by atoms with Crippen LogP contribution in [0.3, 0.4) is 0 Å². The topological polar surface area (TPSA) is 120 Å². The molecule has 0 saturated carbocycles. The Morgan fingerprint density at radius 3 is 2.41 bits per heavy atom. The van der Waals surface area contributed by atoms with E-state index < -0.39 is 15.9 Å². The van der Waals surface area contributed by atoms with E-state index >= 15 is 0 Å². The molecule has 0 aliphatic heterocycles. The van der Waals surface area contributed by atoms with Gasteiger partial charge in [-0.25, -0.2) is 13.1 Å². The lowest BCUT2D eigenvalue weighted by Crippen LogP contribution is -2.29. The largest absolute Gasteiger partial charge is 0.497 e. The average Bonchev–Trinajstić information content (AvgIpc) is 2.78. The van der Waals surface area contributed by atoms with Gasteiger partial charge in [-0.2, -0.15) is 9.97 Å². The van der Waals surface area contributed by atoms with E-state index in [1.54, 1.807) is 31.4 Å². The van der Waals surface area contributed by atoms with Gasteiger partial charge in [-0.15, -0.1) is 0 Å². The van der Waals surface area contributed by atoms with Crippen LogP contribution in [-0.4, -0.2) is 51.3 Å². The summed E-state index contributed by atoms with van der Waals surface area (Å²) in [4.78, 5) is 20.8. The van der Waals surface area contributed by atoms with E-state index in [4.69, 9.17) is 9.47 Å². The number of hydrogen-bond acceptors (Lipinski definition) is 8. The summed E-state index contributed by atoms with van der Waals surface area (Å²) in [6.45, 7) is 0.628. The molecule has 168 valence electrons. The molecule has 0 spiro atoms. The first-order chi connectivity index (χ1) is 15.3. The molecule has 32 heavy (non-hydrogen) atoms. The van der Waals surface area contributed by atoms with Gasteiger partial charge in [0, 0.05) is 23.7 Å². The molecule has 0 fully saturated rings. The van der Waals surface area contributed by atoms with Crippen molar-refractivity contribution in [2.24, 2.45) is 0 Å². The van der Waals surface area contributed by atoms with Gasteiger partial charge in [-0.3, -0.25) is 4.79 Å². The predicted octanol–water partition coefficient (Wildman–Crippen LogP) is 2.50. The summed E-state index contributed by atoms with van der Waals surface area (Å²) in [5.41, 5.74) is 2.48. The van der Waals surface area contributed by atoms with E-state index in [1.807, 2.05) is 29.0 Å². The van der Waals surface area contributed by atoms with Gasteiger partial charge in [0.1, 0.15) is 11.6 Å². The number of nitrogens with one attached hydrogen (secondary N) is 2. The minimum Gasteiger partial charge on any atom is -0.497 e. The number of anilines is 1. The van der Waals surface area contributed by atoms with Gasteiger partial charge in [-0.05, 0) is 36.2 Å². The fraction of sp³-hybridized carbons (Fsp3) is 0.227. The van der Waals surface area contributed by atoms with Crippen LogP contribution in [-0.2, 0) is 16.4 Å². The Morgan fingerprint density at radius 1 is 1.00 bits per heavy atom. The maximum Gasteiger partial charge on any atom is 0.318 e. The molecule has 3 rings (SSSR count). The van der Waals surface area contributed by atoms with Crippen molar-refractivity contribution in [3.8, 4) is 23.0 Å². The highest BCUT2D eigenvalue weighted by Crippen LogP contribution is 2.23. The van der Waals surface area contributed by atoms with Crippen molar-refractivity contribution < 1.29 is 22.7 Å². The fourth-order valence-corrected chi connectivity index (χ4v) is 3.38. The highest BCUT2D eigenvalue weighted by molar-refractivity contribution is 7.89. The van der Waals surface area contributed by atoms with Crippen LogP contribution in [0, 0.1) is 0 Å². The van der Waals surface area contributed by atoms with Gasteiger partial charge < -0.3 is 14.8 Å². The number of aromatic nitrogens is 2.